The Hall–Kier alpha value is -2.96. The lowest BCUT2D eigenvalue weighted by molar-refractivity contribution is -0.146. The standard InChI is InChI=1S/C19H21N3O4/c1-11(22-18(25)15-5-3-4-6-16(15)19(22)26)17(24)21-14-9-7-13(8-10-14)20-12(2)23/h3-4,7-11,15-16H,5-6H2,1-2H3,(H,20,23)(H,21,24)/t11-,15-,16+/m0/s1. The van der Waals surface area contributed by atoms with Crippen LogP contribution in [-0.2, 0) is 19.2 Å². The fraction of sp³-hybridized carbons (Fsp3) is 0.368. The molecular formula is C19H21N3O4. The molecule has 1 aromatic carbocycles. The van der Waals surface area contributed by atoms with E-state index in [9.17, 15) is 19.2 Å². The molecule has 2 N–H and O–H groups in total. The van der Waals surface area contributed by atoms with Crippen LogP contribution in [0.4, 0.5) is 11.4 Å². The van der Waals surface area contributed by atoms with Gasteiger partial charge >= 0.3 is 0 Å². The van der Waals surface area contributed by atoms with Crippen molar-refractivity contribution >= 4 is 35.0 Å². The van der Waals surface area contributed by atoms with Crippen molar-refractivity contribution < 1.29 is 19.2 Å². The van der Waals surface area contributed by atoms with Crippen LogP contribution in [-0.4, -0.2) is 34.6 Å². The quantitative estimate of drug-likeness (QED) is 0.637. The first-order valence-corrected chi connectivity index (χ1v) is 8.59. The molecule has 0 unspecified atom stereocenters. The number of hydrogen-bond acceptors (Lipinski definition) is 4. The monoisotopic (exact) mass is 355 g/mol. The highest BCUT2D eigenvalue weighted by atomic mass is 16.2. The van der Waals surface area contributed by atoms with Gasteiger partial charge in [-0.15, -0.1) is 0 Å². The zero-order chi connectivity index (χ0) is 18.8. The van der Waals surface area contributed by atoms with Crippen molar-refractivity contribution in [1.29, 1.82) is 0 Å². The predicted molar refractivity (Wildman–Crippen MR) is 96.0 cm³/mol. The maximum Gasteiger partial charge on any atom is 0.247 e. The zero-order valence-corrected chi connectivity index (χ0v) is 14.7. The number of imide groups is 1. The van der Waals surface area contributed by atoms with E-state index in [0.717, 1.165) is 4.90 Å². The molecule has 0 bridgehead atoms. The molecule has 1 aliphatic heterocycles. The summed E-state index contributed by atoms with van der Waals surface area (Å²) in [5.74, 6) is -1.84. The zero-order valence-electron chi connectivity index (χ0n) is 14.7. The lowest BCUT2D eigenvalue weighted by Crippen LogP contribution is -2.46. The molecule has 136 valence electrons. The lowest BCUT2D eigenvalue weighted by atomic mass is 9.85. The topological polar surface area (TPSA) is 95.6 Å². The summed E-state index contributed by atoms with van der Waals surface area (Å²) in [5.41, 5.74) is 1.14. The summed E-state index contributed by atoms with van der Waals surface area (Å²) >= 11 is 0. The number of benzene rings is 1. The Morgan fingerprint density at radius 3 is 1.88 bits per heavy atom. The van der Waals surface area contributed by atoms with Crippen molar-refractivity contribution in [3.05, 3.63) is 36.4 Å². The van der Waals surface area contributed by atoms with Crippen LogP contribution in [0.3, 0.4) is 0 Å². The van der Waals surface area contributed by atoms with E-state index >= 15 is 0 Å². The number of anilines is 2. The van der Waals surface area contributed by atoms with Gasteiger partial charge in [0.05, 0.1) is 11.8 Å². The van der Waals surface area contributed by atoms with Crippen LogP contribution >= 0.6 is 0 Å². The maximum atomic E-state index is 12.5. The Morgan fingerprint density at radius 2 is 1.42 bits per heavy atom. The van der Waals surface area contributed by atoms with Gasteiger partial charge in [-0.2, -0.15) is 0 Å². The smallest absolute Gasteiger partial charge is 0.247 e. The second-order valence-electron chi connectivity index (χ2n) is 6.63. The minimum absolute atomic E-state index is 0.183. The van der Waals surface area contributed by atoms with Crippen molar-refractivity contribution in [2.24, 2.45) is 11.8 Å². The van der Waals surface area contributed by atoms with Crippen LogP contribution in [0.5, 0.6) is 0 Å². The molecule has 0 radical (unpaired) electrons. The highest BCUT2D eigenvalue weighted by Gasteiger charge is 2.50. The molecular weight excluding hydrogens is 334 g/mol. The highest BCUT2D eigenvalue weighted by molar-refractivity contribution is 6.10. The minimum Gasteiger partial charge on any atom is -0.326 e. The highest BCUT2D eigenvalue weighted by Crippen LogP contribution is 2.36. The van der Waals surface area contributed by atoms with Gasteiger partial charge in [-0.05, 0) is 44.0 Å². The van der Waals surface area contributed by atoms with Gasteiger partial charge in [-0.3, -0.25) is 24.1 Å². The number of carbonyl (C=O) groups excluding carboxylic acids is 4. The van der Waals surface area contributed by atoms with Crippen molar-refractivity contribution in [2.45, 2.75) is 32.7 Å². The molecule has 0 aromatic heterocycles. The number of likely N-dealkylation sites (tertiary alicyclic amines) is 1. The van der Waals surface area contributed by atoms with Crippen molar-refractivity contribution in [2.75, 3.05) is 10.6 Å². The molecule has 7 heteroatoms. The first-order chi connectivity index (χ1) is 12.4. The minimum atomic E-state index is -0.879. The third-order valence-electron chi connectivity index (χ3n) is 4.78. The second kappa shape index (κ2) is 7.11. The average molecular weight is 355 g/mol. The van der Waals surface area contributed by atoms with Crippen LogP contribution in [0.1, 0.15) is 26.7 Å². The summed E-state index contributed by atoms with van der Waals surface area (Å²) in [4.78, 5) is 49.7. The van der Waals surface area contributed by atoms with E-state index < -0.39 is 11.9 Å². The van der Waals surface area contributed by atoms with Crippen molar-refractivity contribution in [1.82, 2.24) is 4.90 Å². The van der Waals surface area contributed by atoms with Gasteiger partial charge in [0, 0.05) is 18.3 Å². The van der Waals surface area contributed by atoms with E-state index in [4.69, 9.17) is 0 Å². The fourth-order valence-corrected chi connectivity index (χ4v) is 3.41. The van der Waals surface area contributed by atoms with Gasteiger partial charge in [-0.1, -0.05) is 12.2 Å². The summed E-state index contributed by atoms with van der Waals surface area (Å²) in [6.07, 6.45) is 4.92. The van der Waals surface area contributed by atoms with Gasteiger partial charge in [-0.25, -0.2) is 0 Å². The van der Waals surface area contributed by atoms with Crippen LogP contribution < -0.4 is 10.6 Å². The number of allylic oxidation sites excluding steroid dienone is 2. The summed E-state index contributed by atoms with van der Waals surface area (Å²) < 4.78 is 0. The molecule has 3 atom stereocenters. The number of nitrogens with zero attached hydrogens (tertiary/aromatic N) is 1. The SMILES string of the molecule is CC(=O)Nc1ccc(NC(=O)[C@H](C)N2C(=O)[C@H]3CC=CC[C@H]3C2=O)cc1. The van der Waals surface area contributed by atoms with Gasteiger partial charge < -0.3 is 10.6 Å². The third-order valence-corrected chi connectivity index (χ3v) is 4.78. The number of amides is 4. The molecule has 1 aliphatic carbocycles. The lowest BCUT2D eigenvalue weighted by Gasteiger charge is -2.22. The molecule has 1 saturated heterocycles. The van der Waals surface area contributed by atoms with Crippen LogP contribution in [0.2, 0.25) is 0 Å². The molecule has 0 saturated carbocycles. The van der Waals surface area contributed by atoms with E-state index in [1.807, 2.05) is 12.2 Å². The molecule has 0 spiro atoms. The van der Waals surface area contributed by atoms with Gasteiger partial charge in [0.15, 0.2) is 0 Å². The first kappa shape index (κ1) is 17.8. The Kier molecular flexibility index (Phi) is 4.88. The Bertz CT molecular complexity index is 758. The predicted octanol–water partition coefficient (Wildman–Crippen LogP) is 1.92. The van der Waals surface area contributed by atoms with E-state index in [1.165, 1.54) is 6.92 Å². The molecule has 26 heavy (non-hydrogen) atoms. The molecule has 2 aliphatic rings. The van der Waals surface area contributed by atoms with Gasteiger partial charge in [0.1, 0.15) is 6.04 Å². The summed E-state index contributed by atoms with van der Waals surface area (Å²) in [7, 11) is 0. The average Bonchev–Trinajstić information content (AvgIpc) is 2.87. The third kappa shape index (κ3) is 3.37. The fourth-order valence-electron chi connectivity index (χ4n) is 3.41. The van der Waals surface area contributed by atoms with E-state index in [2.05, 4.69) is 10.6 Å². The number of hydrogen-bond donors (Lipinski definition) is 2. The Morgan fingerprint density at radius 1 is 0.962 bits per heavy atom. The van der Waals surface area contributed by atoms with Gasteiger partial charge in [0.2, 0.25) is 23.6 Å². The van der Waals surface area contributed by atoms with E-state index in [0.29, 0.717) is 24.2 Å². The maximum absolute atomic E-state index is 12.5. The Balaban J connectivity index is 1.67. The Labute approximate surface area is 151 Å². The molecule has 1 fully saturated rings. The van der Waals surface area contributed by atoms with E-state index in [1.54, 1.807) is 31.2 Å². The normalized spacial score (nSPS) is 22.8. The summed E-state index contributed by atoms with van der Waals surface area (Å²) in [6.45, 7) is 2.97. The summed E-state index contributed by atoms with van der Waals surface area (Å²) in [6, 6.07) is 5.73. The van der Waals surface area contributed by atoms with Crippen molar-refractivity contribution in [3.63, 3.8) is 0 Å². The van der Waals surface area contributed by atoms with Crippen LogP contribution in [0.15, 0.2) is 36.4 Å². The number of nitrogens with one attached hydrogen (secondary N) is 2. The molecule has 7 nitrogen and oxygen atoms in total. The molecule has 3 rings (SSSR count). The molecule has 1 aromatic rings. The second-order valence-corrected chi connectivity index (χ2v) is 6.63. The number of carbonyl (C=O) groups is 4. The van der Waals surface area contributed by atoms with Gasteiger partial charge in [0.25, 0.3) is 0 Å². The van der Waals surface area contributed by atoms with Crippen LogP contribution in [0, 0.1) is 11.8 Å². The van der Waals surface area contributed by atoms with Crippen molar-refractivity contribution in [3.8, 4) is 0 Å². The largest absolute Gasteiger partial charge is 0.326 e. The van der Waals surface area contributed by atoms with E-state index in [-0.39, 0.29) is 29.6 Å². The number of rotatable bonds is 4. The first-order valence-electron chi connectivity index (χ1n) is 8.59. The molecule has 4 amide bonds. The summed E-state index contributed by atoms with van der Waals surface area (Å²) in [5, 5.41) is 5.35. The molecule has 1 heterocycles. The number of fused-ring (bicyclic) bond motifs is 1. The van der Waals surface area contributed by atoms with Crippen LogP contribution in [0.25, 0.3) is 0 Å².